The summed E-state index contributed by atoms with van der Waals surface area (Å²) in [5, 5.41) is 22.2. The Labute approximate surface area is 266 Å². The summed E-state index contributed by atoms with van der Waals surface area (Å²) in [6.07, 6.45) is 0. The maximum absolute atomic E-state index is 11.4. The van der Waals surface area contributed by atoms with Crippen LogP contribution in [0.3, 0.4) is 0 Å². The summed E-state index contributed by atoms with van der Waals surface area (Å²) >= 11 is 0. The van der Waals surface area contributed by atoms with Crippen LogP contribution < -0.4 is 0 Å². The number of nitrogens with zero attached hydrogens (tertiary/aromatic N) is 5. The second kappa shape index (κ2) is 11.5. The third kappa shape index (κ3) is 4.85. The molecule has 0 radical (unpaired) electrons. The highest BCUT2D eigenvalue weighted by molar-refractivity contribution is 6.07. The lowest BCUT2D eigenvalue weighted by molar-refractivity contribution is 1.13. The van der Waals surface area contributed by atoms with Gasteiger partial charge in [-0.15, -0.1) is 4.91 Å². The third-order valence-corrected chi connectivity index (χ3v) is 8.36. The summed E-state index contributed by atoms with van der Waals surface area (Å²) in [7, 11) is 0. The number of hydrogen-bond acceptors (Lipinski definition) is 4. The van der Waals surface area contributed by atoms with Gasteiger partial charge in [0.2, 0.25) is 0 Å². The molecule has 6 heteroatoms. The first-order chi connectivity index (χ1) is 22.5. The molecule has 0 atom stereocenters. The van der Waals surface area contributed by atoms with E-state index < -0.39 is 0 Å². The van der Waals surface area contributed by atoms with Gasteiger partial charge in [0, 0.05) is 16.9 Å². The molecule has 0 unspecified atom stereocenters. The molecule has 0 saturated heterocycles. The van der Waals surface area contributed by atoms with Crippen LogP contribution in [0.4, 0.5) is 5.69 Å². The topological polar surface area (TPSA) is 86.9 Å². The summed E-state index contributed by atoms with van der Waals surface area (Å²) in [6, 6.07) is 46.2. The molecule has 0 amide bonds. The lowest BCUT2D eigenvalue weighted by Crippen LogP contribution is -1.99. The minimum absolute atomic E-state index is 0.352. The van der Waals surface area contributed by atoms with Crippen molar-refractivity contribution in [3.05, 3.63) is 155 Å². The Kier molecular flexibility index (Phi) is 7.09. The van der Waals surface area contributed by atoms with Gasteiger partial charge >= 0.3 is 0 Å². The number of fused-ring (bicyclic) bond motifs is 1. The SMILES string of the molecule is Cc1ccc(-n2c(-c3ccc(C#N)cc3)c(-c3ccc(N=O)cc3)c3c2cc(-c2ccc(C#N)cc2)n3-c2ccc(C)cc2)cc1. The van der Waals surface area contributed by atoms with Crippen LogP contribution in [0.1, 0.15) is 22.3 Å². The van der Waals surface area contributed by atoms with E-state index in [4.69, 9.17) is 0 Å². The standard InChI is InChI=1S/C40H27N5O/c1-26-3-19-34(20-4-26)44-36(30-11-7-28(24-41)8-12-30)23-37-40(44)38(31-15-17-33(43-46)18-16-31)39(32-13-9-29(25-42)10-14-32)45(37)35-21-5-27(2)6-22-35/h3-23H,1-2H3. The van der Waals surface area contributed by atoms with Gasteiger partial charge in [0.15, 0.2) is 0 Å². The minimum atomic E-state index is 0.352. The quantitative estimate of drug-likeness (QED) is 0.180. The Morgan fingerprint density at radius 2 is 1.04 bits per heavy atom. The number of benzene rings is 5. The fourth-order valence-electron chi connectivity index (χ4n) is 6.04. The Hall–Kier alpha value is -6.50. The molecule has 2 heterocycles. The molecule has 0 bridgehead atoms. The molecule has 5 aromatic carbocycles. The summed E-state index contributed by atoms with van der Waals surface area (Å²) in [5.74, 6) is 0. The maximum Gasteiger partial charge on any atom is 0.108 e. The van der Waals surface area contributed by atoms with Crippen LogP contribution in [0.2, 0.25) is 0 Å². The van der Waals surface area contributed by atoms with Crippen molar-refractivity contribution in [1.29, 1.82) is 10.5 Å². The molecule has 0 saturated carbocycles. The molecule has 6 nitrogen and oxygen atoms in total. The molecular weight excluding hydrogens is 566 g/mol. The van der Waals surface area contributed by atoms with Crippen molar-refractivity contribution < 1.29 is 0 Å². The predicted octanol–water partition coefficient (Wildman–Crippen LogP) is 10.2. The largest absolute Gasteiger partial charge is 0.307 e. The Morgan fingerprint density at radius 1 is 0.565 bits per heavy atom. The second-order valence-corrected chi connectivity index (χ2v) is 11.3. The highest BCUT2D eigenvalue weighted by Gasteiger charge is 2.27. The van der Waals surface area contributed by atoms with E-state index in [9.17, 15) is 15.4 Å². The third-order valence-electron chi connectivity index (χ3n) is 8.36. The monoisotopic (exact) mass is 593 g/mol. The van der Waals surface area contributed by atoms with E-state index in [0.29, 0.717) is 16.8 Å². The van der Waals surface area contributed by atoms with E-state index in [2.05, 4.69) is 94.9 Å². The van der Waals surface area contributed by atoms with E-state index in [1.54, 1.807) is 12.1 Å². The Balaban J connectivity index is 1.68. The van der Waals surface area contributed by atoms with Crippen LogP contribution in [-0.4, -0.2) is 9.13 Å². The molecule has 7 rings (SSSR count). The van der Waals surface area contributed by atoms with Gasteiger partial charge in [-0.2, -0.15) is 10.5 Å². The van der Waals surface area contributed by atoms with Crippen molar-refractivity contribution in [2.24, 2.45) is 5.18 Å². The number of aromatic nitrogens is 2. The molecule has 0 aliphatic carbocycles. The van der Waals surface area contributed by atoms with Crippen molar-refractivity contribution in [3.8, 4) is 57.2 Å². The van der Waals surface area contributed by atoms with Gasteiger partial charge in [0.25, 0.3) is 0 Å². The fraction of sp³-hybridized carbons (Fsp3) is 0.0500. The van der Waals surface area contributed by atoms with Crippen LogP contribution >= 0.6 is 0 Å². The zero-order valence-electron chi connectivity index (χ0n) is 25.3. The van der Waals surface area contributed by atoms with E-state index >= 15 is 0 Å². The smallest absolute Gasteiger partial charge is 0.108 e. The fourth-order valence-corrected chi connectivity index (χ4v) is 6.04. The second-order valence-electron chi connectivity index (χ2n) is 11.3. The molecule has 0 aliphatic rings. The van der Waals surface area contributed by atoms with Crippen molar-refractivity contribution in [1.82, 2.24) is 9.13 Å². The maximum atomic E-state index is 11.4. The van der Waals surface area contributed by atoms with Gasteiger partial charge in [0.05, 0.1) is 45.7 Å². The Bertz CT molecular complexity index is 2270. The van der Waals surface area contributed by atoms with Gasteiger partial charge in [-0.05, 0) is 102 Å². The summed E-state index contributed by atoms with van der Waals surface area (Å²) in [6.45, 7) is 4.14. The zero-order chi connectivity index (χ0) is 31.8. The zero-order valence-corrected chi connectivity index (χ0v) is 25.3. The first-order valence-corrected chi connectivity index (χ1v) is 14.9. The molecular formula is C40H27N5O. The van der Waals surface area contributed by atoms with Gasteiger partial charge < -0.3 is 9.13 Å². The van der Waals surface area contributed by atoms with Crippen LogP contribution in [-0.2, 0) is 0 Å². The normalized spacial score (nSPS) is 10.9. The molecule has 0 fully saturated rings. The number of nitroso groups, excluding NO2 is 1. The molecule has 218 valence electrons. The van der Waals surface area contributed by atoms with E-state index in [0.717, 1.165) is 67.2 Å². The summed E-state index contributed by atoms with van der Waals surface area (Å²) < 4.78 is 4.55. The van der Waals surface area contributed by atoms with Gasteiger partial charge in [0.1, 0.15) is 5.69 Å². The Morgan fingerprint density at radius 3 is 1.54 bits per heavy atom. The molecule has 7 aromatic rings. The van der Waals surface area contributed by atoms with Gasteiger partial charge in [-0.25, -0.2) is 0 Å². The van der Waals surface area contributed by atoms with Crippen LogP contribution in [0.5, 0.6) is 0 Å². The van der Waals surface area contributed by atoms with Crippen LogP contribution in [0.25, 0.3) is 56.0 Å². The van der Waals surface area contributed by atoms with E-state index in [1.807, 2.05) is 60.7 Å². The van der Waals surface area contributed by atoms with Crippen molar-refractivity contribution >= 4 is 16.7 Å². The molecule has 0 aliphatic heterocycles. The first-order valence-electron chi connectivity index (χ1n) is 14.9. The summed E-state index contributed by atoms with van der Waals surface area (Å²) in [4.78, 5) is 11.4. The van der Waals surface area contributed by atoms with Crippen LogP contribution in [0.15, 0.2) is 133 Å². The van der Waals surface area contributed by atoms with Crippen molar-refractivity contribution in [2.75, 3.05) is 0 Å². The van der Waals surface area contributed by atoms with Crippen LogP contribution in [0, 0.1) is 41.4 Å². The lowest BCUT2D eigenvalue weighted by Gasteiger charge is -2.16. The number of rotatable bonds is 6. The van der Waals surface area contributed by atoms with E-state index in [-0.39, 0.29) is 0 Å². The average Bonchev–Trinajstić information content (AvgIpc) is 3.64. The number of nitriles is 2. The highest BCUT2D eigenvalue weighted by atomic mass is 16.3. The average molecular weight is 594 g/mol. The minimum Gasteiger partial charge on any atom is -0.307 e. The molecule has 0 spiro atoms. The predicted molar refractivity (Wildman–Crippen MR) is 183 cm³/mol. The molecule has 46 heavy (non-hydrogen) atoms. The highest BCUT2D eigenvalue weighted by Crippen LogP contribution is 2.47. The van der Waals surface area contributed by atoms with Gasteiger partial charge in [-0.1, -0.05) is 71.8 Å². The summed E-state index contributed by atoms with van der Waals surface area (Å²) in [5.41, 5.74) is 13.5. The molecule has 0 N–H and O–H groups in total. The molecule has 2 aromatic heterocycles. The van der Waals surface area contributed by atoms with Crippen molar-refractivity contribution in [3.63, 3.8) is 0 Å². The van der Waals surface area contributed by atoms with Gasteiger partial charge in [-0.3, -0.25) is 0 Å². The van der Waals surface area contributed by atoms with E-state index in [1.165, 1.54) is 0 Å². The first kappa shape index (κ1) is 28.3. The van der Waals surface area contributed by atoms with Crippen molar-refractivity contribution in [2.45, 2.75) is 13.8 Å². The number of hydrogen-bond donors (Lipinski definition) is 0. The lowest BCUT2D eigenvalue weighted by atomic mass is 9.99. The number of aryl methyl sites for hydroxylation is 2.